The van der Waals surface area contributed by atoms with Gasteiger partial charge in [-0.15, -0.1) is 0 Å². The molecular formula is C26H24N2O4. The lowest BCUT2D eigenvalue weighted by molar-refractivity contribution is 0.303. The van der Waals surface area contributed by atoms with Crippen LogP contribution >= 0.6 is 0 Å². The van der Waals surface area contributed by atoms with Crippen molar-refractivity contribution in [2.45, 2.75) is 13.5 Å². The maximum absolute atomic E-state index is 10.8. The number of phenolic OH excluding ortho intramolecular Hbond substituents is 1. The minimum Gasteiger partial charge on any atom is -0.507 e. The lowest BCUT2D eigenvalue weighted by Gasteiger charge is -2.14. The lowest BCUT2D eigenvalue weighted by atomic mass is 9.99. The minimum atomic E-state index is 0.0766. The van der Waals surface area contributed by atoms with E-state index in [0.717, 1.165) is 22.3 Å². The number of aromatic nitrogens is 2. The SMILES string of the molecule is COc1ccc(-c2cncnc2-c2ccc(OCc3ccccc3C)cc2O)cc1OC. The summed E-state index contributed by atoms with van der Waals surface area (Å²) in [5, 5.41) is 10.8. The normalized spacial score (nSPS) is 10.6. The predicted octanol–water partition coefficient (Wildman–Crippen LogP) is 5.42. The van der Waals surface area contributed by atoms with E-state index < -0.39 is 0 Å². The maximum Gasteiger partial charge on any atom is 0.161 e. The molecule has 0 unspecified atom stereocenters. The predicted molar refractivity (Wildman–Crippen MR) is 123 cm³/mol. The van der Waals surface area contributed by atoms with Crippen LogP contribution in [0.25, 0.3) is 22.4 Å². The zero-order chi connectivity index (χ0) is 22.5. The summed E-state index contributed by atoms with van der Waals surface area (Å²) in [6, 6.07) is 18.9. The van der Waals surface area contributed by atoms with Gasteiger partial charge in [-0.2, -0.15) is 0 Å². The fourth-order valence-corrected chi connectivity index (χ4v) is 3.49. The van der Waals surface area contributed by atoms with E-state index >= 15 is 0 Å². The van der Waals surface area contributed by atoms with Gasteiger partial charge in [-0.25, -0.2) is 9.97 Å². The molecule has 6 nitrogen and oxygen atoms in total. The third-order valence-electron chi connectivity index (χ3n) is 5.29. The summed E-state index contributed by atoms with van der Waals surface area (Å²) < 4.78 is 16.6. The average molecular weight is 428 g/mol. The molecule has 0 aliphatic rings. The van der Waals surface area contributed by atoms with Gasteiger partial charge in [0, 0.05) is 23.4 Å². The summed E-state index contributed by atoms with van der Waals surface area (Å²) in [6.07, 6.45) is 3.17. The largest absolute Gasteiger partial charge is 0.507 e. The summed E-state index contributed by atoms with van der Waals surface area (Å²) in [6.45, 7) is 2.47. The zero-order valence-electron chi connectivity index (χ0n) is 18.2. The highest BCUT2D eigenvalue weighted by Gasteiger charge is 2.15. The van der Waals surface area contributed by atoms with Crippen LogP contribution in [-0.4, -0.2) is 29.3 Å². The van der Waals surface area contributed by atoms with Gasteiger partial charge in [0.25, 0.3) is 0 Å². The van der Waals surface area contributed by atoms with E-state index in [9.17, 15) is 5.11 Å². The summed E-state index contributed by atoms with van der Waals surface area (Å²) in [7, 11) is 3.18. The minimum absolute atomic E-state index is 0.0766. The third kappa shape index (κ3) is 4.34. The van der Waals surface area contributed by atoms with E-state index in [4.69, 9.17) is 14.2 Å². The molecule has 0 fully saturated rings. The fraction of sp³-hybridized carbons (Fsp3) is 0.154. The van der Waals surface area contributed by atoms with Crippen molar-refractivity contribution in [1.82, 2.24) is 9.97 Å². The Hall–Kier alpha value is -4.06. The first-order valence-electron chi connectivity index (χ1n) is 10.1. The van der Waals surface area contributed by atoms with Crippen molar-refractivity contribution in [2.75, 3.05) is 14.2 Å². The van der Waals surface area contributed by atoms with Crippen molar-refractivity contribution in [1.29, 1.82) is 0 Å². The Labute approximate surface area is 187 Å². The van der Waals surface area contributed by atoms with Crippen LogP contribution < -0.4 is 14.2 Å². The second kappa shape index (κ2) is 9.39. The van der Waals surface area contributed by atoms with E-state index in [1.165, 1.54) is 6.33 Å². The van der Waals surface area contributed by atoms with Crippen LogP contribution in [0.5, 0.6) is 23.0 Å². The summed E-state index contributed by atoms with van der Waals surface area (Å²) in [5.41, 5.74) is 5.06. The molecule has 162 valence electrons. The van der Waals surface area contributed by atoms with E-state index in [-0.39, 0.29) is 5.75 Å². The van der Waals surface area contributed by atoms with Crippen LogP contribution in [0, 0.1) is 6.92 Å². The van der Waals surface area contributed by atoms with Gasteiger partial charge in [-0.3, -0.25) is 0 Å². The topological polar surface area (TPSA) is 73.7 Å². The molecule has 4 aromatic rings. The number of phenols is 1. The molecule has 4 rings (SSSR count). The highest BCUT2D eigenvalue weighted by atomic mass is 16.5. The molecule has 0 bridgehead atoms. The van der Waals surface area contributed by atoms with Crippen molar-refractivity contribution >= 4 is 0 Å². The molecule has 0 radical (unpaired) electrons. The monoisotopic (exact) mass is 428 g/mol. The third-order valence-corrected chi connectivity index (χ3v) is 5.29. The number of hydrogen-bond acceptors (Lipinski definition) is 6. The van der Waals surface area contributed by atoms with Gasteiger partial charge in [0.15, 0.2) is 11.5 Å². The van der Waals surface area contributed by atoms with Gasteiger partial charge in [-0.1, -0.05) is 30.3 Å². The van der Waals surface area contributed by atoms with Crippen molar-refractivity contribution in [3.63, 3.8) is 0 Å². The van der Waals surface area contributed by atoms with Crippen molar-refractivity contribution in [3.05, 3.63) is 84.3 Å². The highest BCUT2D eigenvalue weighted by Crippen LogP contribution is 2.39. The zero-order valence-corrected chi connectivity index (χ0v) is 18.2. The maximum atomic E-state index is 10.8. The Kier molecular flexibility index (Phi) is 6.22. The van der Waals surface area contributed by atoms with Crippen LogP contribution in [0.4, 0.5) is 0 Å². The Bertz CT molecular complexity index is 1240. The van der Waals surface area contributed by atoms with Crippen molar-refractivity contribution < 1.29 is 19.3 Å². The molecule has 6 heteroatoms. The van der Waals surface area contributed by atoms with Gasteiger partial charge in [0.05, 0.1) is 19.9 Å². The Balaban J connectivity index is 1.64. The number of hydrogen-bond donors (Lipinski definition) is 1. The van der Waals surface area contributed by atoms with Crippen molar-refractivity contribution in [2.24, 2.45) is 0 Å². The Morgan fingerprint density at radius 1 is 0.875 bits per heavy atom. The first-order valence-corrected chi connectivity index (χ1v) is 10.1. The number of methoxy groups -OCH3 is 2. The summed E-state index contributed by atoms with van der Waals surface area (Å²) in [4.78, 5) is 8.61. The van der Waals surface area contributed by atoms with Gasteiger partial charge in [0.1, 0.15) is 24.4 Å². The number of aryl methyl sites for hydroxylation is 1. The molecule has 0 aliphatic heterocycles. The van der Waals surface area contributed by atoms with E-state index in [1.807, 2.05) is 55.5 Å². The van der Waals surface area contributed by atoms with Crippen LogP contribution in [0.2, 0.25) is 0 Å². The first-order chi connectivity index (χ1) is 15.6. The molecule has 32 heavy (non-hydrogen) atoms. The van der Waals surface area contributed by atoms with Gasteiger partial charge >= 0.3 is 0 Å². The van der Waals surface area contributed by atoms with Gasteiger partial charge in [-0.05, 0) is 47.9 Å². The number of nitrogens with zero attached hydrogens (tertiary/aromatic N) is 2. The second-order valence-electron chi connectivity index (χ2n) is 7.25. The molecule has 1 heterocycles. The first kappa shape index (κ1) is 21.2. The van der Waals surface area contributed by atoms with Crippen LogP contribution in [-0.2, 0) is 6.61 Å². The number of rotatable bonds is 7. The molecule has 0 spiro atoms. The molecule has 0 saturated carbocycles. The summed E-state index contributed by atoms with van der Waals surface area (Å²) in [5.74, 6) is 1.89. The molecular weight excluding hydrogens is 404 g/mol. The van der Waals surface area contributed by atoms with Crippen LogP contribution in [0.1, 0.15) is 11.1 Å². The standard InChI is InChI=1S/C26H24N2O4/c1-17-6-4-5-7-19(17)15-32-20-9-10-21(23(29)13-20)26-22(14-27-16-28-26)18-8-11-24(30-2)25(12-18)31-3/h4-14,16,29H,15H2,1-3H3. The van der Waals surface area contributed by atoms with E-state index in [0.29, 0.717) is 35.1 Å². The molecule has 0 amide bonds. The fourth-order valence-electron chi connectivity index (χ4n) is 3.49. The lowest BCUT2D eigenvalue weighted by Crippen LogP contribution is -1.98. The smallest absolute Gasteiger partial charge is 0.161 e. The molecule has 0 aliphatic carbocycles. The highest BCUT2D eigenvalue weighted by molar-refractivity contribution is 5.83. The molecule has 3 aromatic carbocycles. The van der Waals surface area contributed by atoms with Gasteiger partial charge in [0.2, 0.25) is 0 Å². The molecule has 1 aromatic heterocycles. The number of aromatic hydroxyl groups is 1. The van der Waals surface area contributed by atoms with Gasteiger partial charge < -0.3 is 19.3 Å². The average Bonchev–Trinajstić information content (AvgIpc) is 2.83. The van der Waals surface area contributed by atoms with Crippen molar-refractivity contribution in [3.8, 4) is 45.4 Å². The van der Waals surface area contributed by atoms with E-state index in [2.05, 4.69) is 9.97 Å². The Morgan fingerprint density at radius 2 is 1.69 bits per heavy atom. The Morgan fingerprint density at radius 3 is 2.44 bits per heavy atom. The second-order valence-corrected chi connectivity index (χ2v) is 7.25. The quantitative estimate of drug-likeness (QED) is 0.424. The number of benzene rings is 3. The van der Waals surface area contributed by atoms with Crippen LogP contribution in [0.3, 0.4) is 0 Å². The van der Waals surface area contributed by atoms with Crippen LogP contribution in [0.15, 0.2) is 73.2 Å². The molecule has 1 N–H and O–H groups in total. The molecule has 0 saturated heterocycles. The number of ether oxygens (including phenoxy) is 3. The summed E-state index contributed by atoms with van der Waals surface area (Å²) >= 11 is 0. The molecule has 0 atom stereocenters. The van der Waals surface area contributed by atoms with E-state index in [1.54, 1.807) is 32.5 Å².